The molecular formula is C10H12Cl2N2O2S. The molecule has 0 aromatic heterocycles. The smallest absolute Gasteiger partial charge is 0.243 e. The average Bonchev–Trinajstić information content (AvgIpc) is 2.24. The average molecular weight is 295 g/mol. The van der Waals surface area contributed by atoms with E-state index in [-0.39, 0.29) is 21.5 Å². The summed E-state index contributed by atoms with van der Waals surface area (Å²) in [6.07, 6.45) is 3.26. The Bertz CT molecular complexity index is 495. The number of rotatable bonds is 5. The first-order valence-electron chi connectivity index (χ1n) is 4.78. The highest BCUT2D eigenvalue weighted by Crippen LogP contribution is 2.28. The van der Waals surface area contributed by atoms with Crippen LogP contribution in [0.1, 0.15) is 0 Å². The van der Waals surface area contributed by atoms with Crippen LogP contribution >= 0.6 is 23.2 Å². The molecule has 0 radical (unpaired) electrons. The lowest BCUT2D eigenvalue weighted by Gasteiger charge is -2.08. The fourth-order valence-corrected chi connectivity index (χ4v) is 3.27. The van der Waals surface area contributed by atoms with Crippen LogP contribution in [-0.4, -0.2) is 21.5 Å². The molecule has 1 aromatic rings. The number of nitrogens with one attached hydrogen (secondary N) is 1. The van der Waals surface area contributed by atoms with E-state index >= 15 is 0 Å². The highest BCUT2D eigenvalue weighted by molar-refractivity contribution is 7.89. The minimum Gasteiger partial charge on any atom is -0.327 e. The molecule has 0 saturated carbocycles. The largest absolute Gasteiger partial charge is 0.327 e. The second-order valence-corrected chi connectivity index (χ2v) is 5.63. The number of sulfonamides is 1. The highest BCUT2D eigenvalue weighted by atomic mass is 35.5. The first-order valence-corrected chi connectivity index (χ1v) is 7.01. The quantitative estimate of drug-likeness (QED) is 0.813. The molecule has 0 aliphatic rings. The molecule has 4 nitrogen and oxygen atoms in total. The molecule has 1 aromatic carbocycles. The van der Waals surface area contributed by atoms with Crippen molar-refractivity contribution in [3.63, 3.8) is 0 Å². The van der Waals surface area contributed by atoms with Crippen molar-refractivity contribution < 1.29 is 8.42 Å². The Hall–Kier alpha value is -0.590. The van der Waals surface area contributed by atoms with Gasteiger partial charge in [-0.3, -0.25) is 0 Å². The van der Waals surface area contributed by atoms with Gasteiger partial charge in [0.2, 0.25) is 10.0 Å². The maximum atomic E-state index is 11.9. The predicted molar refractivity (Wildman–Crippen MR) is 69.8 cm³/mol. The third-order valence-electron chi connectivity index (χ3n) is 1.88. The lowest BCUT2D eigenvalue weighted by Crippen LogP contribution is -2.24. The first-order chi connectivity index (χ1) is 7.99. The van der Waals surface area contributed by atoms with Gasteiger partial charge in [0.25, 0.3) is 0 Å². The fourth-order valence-electron chi connectivity index (χ4n) is 1.15. The van der Waals surface area contributed by atoms with E-state index < -0.39 is 10.0 Å². The van der Waals surface area contributed by atoms with E-state index in [4.69, 9.17) is 28.9 Å². The summed E-state index contributed by atoms with van der Waals surface area (Å²) >= 11 is 11.6. The lowest BCUT2D eigenvalue weighted by molar-refractivity contribution is 0.585. The first kappa shape index (κ1) is 14.5. The molecule has 3 N–H and O–H groups in total. The van der Waals surface area contributed by atoms with Gasteiger partial charge in [0, 0.05) is 13.1 Å². The van der Waals surface area contributed by atoms with Crippen molar-refractivity contribution in [2.45, 2.75) is 4.90 Å². The van der Waals surface area contributed by atoms with Crippen LogP contribution in [0.15, 0.2) is 35.2 Å². The zero-order chi connectivity index (χ0) is 12.9. The predicted octanol–water partition coefficient (Wildman–Crippen LogP) is 1.79. The molecule has 0 atom stereocenters. The number of hydrogen-bond donors (Lipinski definition) is 2. The molecule has 7 heteroatoms. The summed E-state index contributed by atoms with van der Waals surface area (Å²) in [5.41, 5.74) is 5.23. The molecule has 0 heterocycles. The van der Waals surface area contributed by atoms with Crippen LogP contribution in [0.5, 0.6) is 0 Å². The summed E-state index contributed by atoms with van der Waals surface area (Å²) in [6, 6.07) is 4.52. The normalized spacial score (nSPS) is 12.2. The highest BCUT2D eigenvalue weighted by Gasteiger charge is 2.20. The van der Waals surface area contributed by atoms with Gasteiger partial charge in [0.1, 0.15) is 4.90 Å². The SMILES string of the molecule is NC/C=C/CNS(=O)(=O)c1c(Cl)cccc1Cl. The minimum absolute atomic E-state index is 0.0906. The Balaban J connectivity index is 2.94. The molecule has 0 bridgehead atoms. The Morgan fingerprint density at radius 2 is 1.82 bits per heavy atom. The molecule has 17 heavy (non-hydrogen) atoms. The van der Waals surface area contributed by atoms with E-state index in [0.717, 1.165) is 0 Å². The molecule has 0 unspecified atom stereocenters. The van der Waals surface area contributed by atoms with Gasteiger partial charge in [-0.1, -0.05) is 41.4 Å². The summed E-state index contributed by atoms with van der Waals surface area (Å²) in [7, 11) is -3.71. The number of hydrogen-bond acceptors (Lipinski definition) is 3. The summed E-state index contributed by atoms with van der Waals surface area (Å²) in [4.78, 5) is -0.107. The van der Waals surface area contributed by atoms with Gasteiger partial charge in [0.15, 0.2) is 0 Å². The summed E-state index contributed by atoms with van der Waals surface area (Å²) in [5.74, 6) is 0. The molecule has 1 rings (SSSR count). The molecule has 0 spiro atoms. The van der Waals surface area contributed by atoms with E-state index in [1.807, 2.05) is 0 Å². The van der Waals surface area contributed by atoms with Crippen LogP contribution in [0.3, 0.4) is 0 Å². The Kier molecular flexibility index (Phi) is 5.42. The number of nitrogens with two attached hydrogens (primary N) is 1. The maximum Gasteiger partial charge on any atom is 0.243 e. The van der Waals surface area contributed by atoms with Gasteiger partial charge in [0.05, 0.1) is 10.0 Å². The molecule has 0 aliphatic carbocycles. The zero-order valence-electron chi connectivity index (χ0n) is 8.86. The van der Waals surface area contributed by atoms with Crippen molar-refractivity contribution in [3.8, 4) is 0 Å². The monoisotopic (exact) mass is 294 g/mol. The third kappa shape index (κ3) is 3.97. The summed E-state index contributed by atoms with van der Waals surface area (Å²) in [6.45, 7) is 0.496. The van der Waals surface area contributed by atoms with E-state index in [0.29, 0.717) is 6.54 Å². The van der Waals surface area contributed by atoms with Crippen molar-refractivity contribution >= 4 is 33.2 Å². The number of benzene rings is 1. The Labute approximate surface area is 110 Å². The molecule has 0 amide bonds. The minimum atomic E-state index is -3.71. The Morgan fingerprint density at radius 1 is 1.24 bits per heavy atom. The molecule has 0 saturated heterocycles. The van der Waals surface area contributed by atoms with Gasteiger partial charge < -0.3 is 5.73 Å². The summed E-state index contributed by atoms with van der Waals surface area (Å²) in [5, 5.41) is 0.181. The van der Waals surface area contributed by atoms with Crippen LogP contribution in [0.25, 0.3) is 0 Å². The lowest BCUT2D eigenvalue weighted by atomic mass is 10.4. The van der Waals surface area contributed by atoms with Gasteiger partial charge in [-0.15, -0.1) is 0 Å². The zero-order valence-corrected chi connectivity index (χ0v) is 11.2. The molecular weight excluding hydrogens is 283 g/mol. The van der Waals surface area contributed by atoms with Crippen LogP contribution in [0, 0.1) is 0 Å². The van der Waals surface area contributed by atoms with Crippen molar-refractivity contribution in [3.05, 3.63) is 40.4 Å². The third-order valence-corrected chi connectivity index (χ3v) is 4.26. The Morgan fingerprint density at radius 3 is 2.35 bits per heavy atom. The van der Waals surface area contributed by atoms with Crippen LogP contribution < -0.4 is 10.5 Å². The van der Waals surface area contributed by atoms with E-state index in [1.54, 1.807) is 18.2 Å². The van der Waals surface area contributed by atoms with Crippen molar-refractivity contribution in [1.29, 1.82) is 0 Å². The fraction of sp³-hybridized carbons (Fsp3) is 0.200. The second-order valence-electron chi connectivity index (χ2n) is 3.11. The second kappa shape index (κ2) is 6.37. The van der Waals surface area contributed by atoms with E-state index in [1.165, 1.54) is 12.1 Å². The maximum absolute atomic E-state index is 11.9. The van der Waals surface area contributed by atoms with Gasteiger partial charge in [-0.25, -0.2) is 13.1 Å². The standard InChI is InChI=1S/C10H12Cl2N2O2S/c11-8-4-3-5-9(12)10(8)17(15,16)14-7-2-1-6-13/h1-5,14H,6-7,13H2/b2-1+. The van der Waals surface area contributed by atoms with Gasteiger partial charge in [-0.2, -0.15) is 0 Å². The number of halogens is 2. The van der Waals surface area contributed by atoms with Crippen molar-refractivity contribution in [1.82, 2.24) is 4.72 Å². The van der Waals surface area contributed by atoms with E-state index in [2.05, 4.69) is 4.72 Å². The van der Waals surface area contributed by atoms with Crippen LogP contribution in [0.4, 0.5) is 0 Å². The molecule has 0 aliphatic heterocycles. The topological polar surface area (TPSA) is 72.2 Å². The van der Waals surface area contributed by atoms with Crippen LogP contribution in [-0.2, 0) is 10.0 Å². The van der Waals surface area contributed by atoms with Crippen molar-refractivity contribution in [2.24, 2.45) is 5.73 Å². The molecule has 0 fully saturated rings. The molecule has 94 valence electrons. The van der Waals surface area contributed by atoms with Gasteiger partial charge in [-0.05, 0) is 12.1 Å². The summed E-state index contributed by atoms with van der Waals surface area (Å²) < 4.78 is 26.1. The van der Waals surface area contributed by atoms with Crippen molar-refractivity contribution in [2.75, 3.05) is 13.1 Å². The van der Waals surface area contributed by atoms with Crippen LogP contribution in [0.2, 0.25) is 10.0 Å². The van der Waals surface area contributed by atoms with Gasteiger partial charge >= 0.3 is 0 Å². The van der Waals surface area contributed by atoms with E-state index in [9.17, 15) is 8.42 Å².